The third-order valence-electron chi connectivity index (χ3n) is 7.23. The van der Waals surface area contributed by atoms with Gasteiger partial charge in [-0.15, -0.1) is 10.2 Å². The van der Waals surface area contributed by atoms with E-state index in [2.05, 4.69) is 10.2 Å². The number of nitrogens with zero attached hydrogens (tertiary/aromatic N) is 4. The van der Waals surface area contributed by atoms with Gasteiger partial charge in [-0.05, 0) is 67.2 Å². The van der Waals surface area contributed by atoms with Crippen LogP contribution in [0, 0.1) is 5.41 Å². The lowest BCUT2D eigenvalue weighted by Gasteiger charge is -2.29. The predicted octanol–water partition coefficient (Wildman–Crippen LogP) is 3.04. The number of hydrogen-bond donors (Lipinski definition) is 0. The molecule has 0 N–H and O–H groups in total. The molecule has 1 aliphatic heterocycles. The summed E-state index contributed by atoms with van der Waals surface area (Å²) in [5.41, 5.74) is 2.53. The smallest absolute Gasteiger partial charge is 0.243 e. The number of hydrogen-bond acceptors (Lipinski definition) is 4. The number of benzene rings is 1. The van der Waals surface area contributed by atoms with Crippen LogP contribution in [0.2, 0.25) is 0 Å². The number of aryl methyl sites for hydroxylation is 3. The summed E-state index contributed by atoms with van der Waals surface area (Å²) in [4.78, 5) is 0.458. The van der Waals surface area contributed by atoms with Gasteiger partial charge in [-0.25, -0.2) is 8.42 Å². The number of rotatable bonds is 3. The second-order valence-corrected chi connectivity index (χ2v) is 10.8. The van der Waals surface area contributed by atoms with E-state index in [1.54, 1.807) is 10.6 Å². The number of fused-ring (bicyclic) bond motifs is 1. The van der Waals surface area contributed by atoms with Crippen LogP contribution in [0.15, 0.2) is 29.4 Å². The molecule has 3 aliphatic rings. The highest BCUT2D eigenvalue weighted by atomic mass is 32.2. The molecule has 1 unspecified atom stereocenters. The summed E-state index contributed by atoms with van der Waals surface area (Å²) in [5, 5.41) is 8.41. The van der Waals surface area contributed by atoms with Crippen molar-refractivity contribution in [3.63, 3.8) is 0 Å². The van der Waals surface area contributed by atoms with Crippen LogP contribution in [-0.4, -0.2) is 40.6 Å². The molecule has 2 aromatic rings. The fourth-order valence-corrected chi connectivity index (χ4v) is 7.28. The molecule has 5 rings (SSSR count). The van der Waals surface area contributed by atoms with E-state index in [4.69, 9.17) is 0 Å². The third-order valence-corrected chi connectivity index (χ3v) is 9.04. The van der Waals surface area contributed by atoms with Crippen LogP contribution in [0.4, 0.5) is 0 Å². The monoisotopic (exact) mass is 400 g/mol. The molecule has 28 heavy (non-hydrogen) atoms. The van der Waals surface area contributed by atoms with Gasteiger partial charge in [-0.1, -0.05) is 18.9 Å². The van der Waals surface area contributed by atoms with Crippen molar-refractivity contribution in [2.24, 2.45) is 12.5 Å². The van der Waals surface area contributed by atoms with Crippen LogP contribution >= 0.6 is 0 Å². The maximum Gasteiger partial charge on any atom is 0.243 e. The molecule has 2 heterocycles. The van der Waals surface area contributed by atoms with Gasteiger partial charge in [0.05, 0.1) is 4.90 Å². The van der Waals surface area contributed by atoms with Crippen molar-refractivity contribution in [3.05, 3.63) is 41.5 Å². The van der Waals surface area contributed by atoms with Gasteiger partial charge >= 0.3 is 0 Å². The summed E-state index contributed by atoms with van der Waals surface area (Å²) in [6, 6.07) is 5.78. The summed E-state index contributed by atoms with van der Waals surface area (Å²) in [6.45, 7) is 1.11. The molecule has 2 fully saturated rings. The van der Waals surface area contributed by atoms with Crippen LogP contribution in [-0.2, 0) is 29.9 Å². The molecule has 1 saturated heterocycles. The molecular weight excluding hydrogens is 372 g/mol. The molecule has 7 heteroatoms. The van der Waals surface area contributed by atoms with Gasteiger partial charge in [0.2, 0.25) is 10.0 Å². The Bertz CT molecular complexity index is 992. The lowest BCUT2D eigenvalue weighted by molar-refractivity contribution is 0.274. The molecule has 6 nitrogen and oxygen atoms in total. The van der Waals surface area contributed by atoms with Gasteiger partial charge in [0.15, 0.2) is 0 Å². The minimum absolute atomic E-state index is 0.00205. The van der Waals surface area contributed by atoms with Crippen LogP contribution in [0.3, 0.4) is 0 Å². The zero-order chi connectivity index (χ0) is 19.4. The highest BCUT2D eigenvalue weighted by Crippen LogP contribution is 2.53. The normalized spacial score (nSPS) is 24.7. The molecule has 1 aromatic carbocycles. The summed E-state index contributed by atoms with van der Waals surface area (Å²) in [5.74, 6) is 1.04. The average Bonchev–Trinajstić information content (AvgIpc) is 3.43. The van der Waals surface area contributed by atoms with Crippen LogP contribution in [0.1, 0.15) is 61.4 Å². The largest absolute Gasteiger partial charge is 0.320 e. The average molecular weight is 401 g/mol. The minimum atomic E-state index is -3.50. The zero-order valence-corrected chi connectivity index (χ0v) is 17.3. The molecule has 0 bridgehead atoms. The summed E-state index contributed by atoms with van der Waals surface area (Å²) in [6.07, 6.45) is 10.6. The number of sulfonamides is 1. The Balaban J connectivity index is 1.50. The van der Waals surface area contributed by atoms with E-state index < -0.39 is 10.0 Å². The Labute approximate surface area is 167 Å². The van der Waals surface area contributed by atoms with E-state index in [0.29, 0.717) is 18.0 Å². The Hall–Kier alpha value is -1.73. The molecular formula is C21H28N4O2S. The summed E-state index contributed by atoms with van der Waals surface area (Å²) in [7, 11) is -1.54. The van der Waals surface area contributed by atoms with Gasteiger partial charge in [0.25, 0.3) is 0 Å². The predicted molar refractivity (Wildman–Crippen MR) is 106 cm³/mol. The summed E-state index contributed by atoms with van der Waals surface area (Å²) >= 11 is 0. The van der Waals surface area contributed by atoms with Crippen LogP contribution < -0.4 is 0 Å². The lowest BCUT2D eigenvalue weighted by atomic mass is 9.76. The highest BCUT2D eigenvalue weighted by Gasteiger charge is 2.53. The first-order valence-electron chi connectivity index (χ1n) is 10.5. The molecule has 1 aromatic heterocycles. The van der Waals surface area contributed by atoms with Crippen molar-refractivity contribution in [2.45, 2.75) is 62.2 Å². The van der Waals surface area contributed by atoms with E-state index >= 15 is 0 Å². The van der Waals surface area contributed by atoms with E-state index in [1.165, 1.54) is 30.4 Å². The first-order valence-corrected chi connectivity index (χ1v) is 11.9. The third kappa shape index (κ3) is 2.82. The van der Waals surface area contributed by atoms with Crippen LogP contribution in [0.25, 0.3) is 0 Å². The van der Waals surface area contributed by atoms with Gasteiger partial charge in [0, 0.05) is 26.1 Å². The van der Waals surface area contributed by atoms with Crippen LogP contribution in [0.5, 0.6) is 0 Å². The quantitative estimate of drug-likeness (QED) is 0.794. The van der Waals surface area contributed by atoms with E-state index in [9.17, 15) is 8.42 Å². The SMILES string of the molecule is Cn1cnnc1C1CN(S(=O)(=O)c2ccc3c(c2)CCCC3)CC12CCCC2. The highest BCUT2D eigenvalue weighted by molar-refractivity contribution is 7.89. The van der Waals surface area contributed by atoms with Gasteiger partial charge < -0.3 is 4.57 Å². The van der Waals surface area contributed by atoms with Gasteiger partial charge in [0.1, 0.15) is 12.2 Å². The Morgan fingerprint density at radius 3 is 2.54 bits per heavy atom. The van der Waals surface area contributed by atoms with E-state index in [0.717, 1.165) is 37.9 Å². The molecule has 1 saturated carbocycles. The van der Waals surface area contributed by atoms with Gasteiger partial charge in [-0.2, -0.15) is 4.31 Å². The fourth-order valence-electron chi connectivity index (χ4n) is 5.67. The van der Waals surface area contributed by atoms with Crippen molar-refractivity contribution in [3.8, 4) is 0 Å². The second kappa shape index (κ2) is 6.66. The second-order valence-electron chi connectivity index (χ2n) is 8.86. The molecule has 0 amide bonds. The Kier molecular flexibility index (Phi) is 4.36. The maximum atomic E-state index is 13.5. The first-order chi connectivity index (χ1) is 13.5. The van der Waals surface area contributed by atoms with E-state index in [1.807, 2.05) is 29.8 Å². The topological polar surface area (TPSA) is 68.1 Å². The molecule has 0 radical (unpaired) electrons. The van der Waals surface area contributed by atoms with Crippen molar-refractivity contribution in [2.75, 3.05) is 13.1 Å². The zero-order valence-electron chi connectivity index (χ0n) is 16.5. The van der Waals surface area contributed by atoms with Crippen molar-refractivity contribution >= 4 is 10.0 Å². The Morgan fingerprint density at radius 2 is 1.82 bits per heavy atom. The molecule has 2 aliphatic carbocycles. The lowest BCUT2D eigenvalue weighted by Crippen LogP contribution is -2.31. The maximum absolute atomic E-state index is 13.5. The minimum Gasteiger partial charge on any atom is -0.320 e. The first kappa shape index (κ1) is 18.3. The standard InChI is InChI=1S/C21H28N4O2S/c1-24-15-22-23-20(24)19-13-25(14-21(19)10-4-5-11-21)28(26,27)18-9-8-16-6-2-3-7-17(16)12-18/h8-9,12,15,19H,2-7,10-11,13-14H2,1H3. The molecule has 1 spiro atoms. The van der Waals surface area contributed by atoms with Crippen molar-refractivity contribution in [1.82, 2.24) is 19.1 Å². The van der Waals surface area contributed by atoms with Crippen molar-refractivity contribution < 1.29 is 8.42 Å². The van der Waals surface area contributed by atoms with Gasteiger partial charge in [-0.3, -0.25) is 0 Å². The summed E-state index contributed by atoms with van der Waals surface area (Å²) < 4.78 is 30.8. The van der Waals surface area contributed by atoms with Crippen molar-refractivity contribution in [1.29, 1.82) is 0 Å². The van der Waals surface area contributed by atoms with E-state index in [-0.39, 0.29) is 11.3 Å². The Morgan fingerprint density at radius 1 is 1.07 bits per heavy atom. The number of aromatic nitrogens is 3. The molecule has 150 valence electrons. The fraction of sp³-hybridized carbons (Fsp3) is 0.619. The molecule has 1 atom stereocenters.